The fourth-order valence-electron chi connectivity index (χ4n) is 1.39. The Morgan fingerprint density at radius 3 is 2.76 bits per heavy atom. The zero-order chi connectivity index (χ0) is 12.5. The average molecular weight is 256 g/mol. The Kier molecular flexibility index (Phi) is 2.99. The van der Waals surface area contributed by atoms with Gasteiger partial charge in [-0.3, -0.25) is 0 Å². The van der Waals surface area contributed by atoms with Crippen molar-refractivity contribution in [3.8, 4) is 0 Å². The van der Waals surface area contributed by atoms with Crippen molar-refractivity contribution in [1.29, 1.82) is 0 Å². The van der Waals surface area contributed by atoms with E-state index in [4.69, 9.17) is 4.52 Å². The Hall–Kier alpha value is -1.67. The SMILES string of the molecule is Cc1noc(C)c1CNS(=O)(=O)c1cnc[nH]1. The van der Waals surface area contributed by atoms with Gasteiger partial charge in [-0.25, -0.2) is 18.1 Å². The van der Waals surface area contributed by atoms with Crippen molar-refractivity contribution < 1.29 is 12.9 Å². The molecule has 0 spiro atoms. The summed E-state index contributed by atoms with van der Waals surface area (Å²) < 4.78 is 30.9. The molecule has 2 rings (SSSR count). The first kappa shape index (κ1) is 11.8. The predicted molar refractivity (Wildman–Crippen MR) is 58.6 cm³/mol. The number of aromatic nitrogens is 3. The summed E-state index contributed by atoms with van der Waals surface area (Å²) in [5.41, 5.74) is 1.42. The van der Waals surface area contributed by atoms with Crippen molar-refractivity contribution in [1.82, 2.24) is 19.8 Å². The molecule has 92 valence electrons. The van der Waals surface area contributed by atoms with Gasteiger partial charge in [-0.1, -0.05) is 5.16 Å². The van der Waals surface area contributed by atoms with Crippen LogP contribution in [0.5, 0.6) is 0 Å². The first-order chi connectivity index (χ1) is 8.00. The lowest BCUT2D eigenvalue weighted by molar-refractivity contribution is 0.392. The molecule has 2 aromatic rings. The Balaban J connectivity index is 2.14. The van der Waals surface area contributed by atoms with E-state index < -0.39 is 10.0 Å². The molecule has 0 aliphatic rings. The van der Waals surface area contributed by atoms with Gasteiger partial charge < -0.3 is 9.51 Å². The molecular formula is C9H12N4O3S. The Morgan fingerprint density at radius 1 is 1.47 bits per heavy atom. The monoisotopic (exact) mass is 256 g/mol. The predicted octanol–water partition coefficient (Wildman–Crippen LogP) is 0.493. The first-order valence-corrected chi connectivity index (χ1v) is 6.39. The van der Waals surface area contributed by atoms with Crippen molar-refractivity contribution in [3.05, 3.63) is 29.5 Å². The Labute approximate surface area is 98.3 Å². The second-order valence-corrected chi connectivity index (χ2v) is 5.28. The number of aryl methyl sites for hydroxylation is 2. The zero-order valence-electron chi connectivity index (χ0n) is 9.39. The van der Waals surface area contributed by atoms with Crippen LogP contribution in [0.3, 0.4) is 0 Å². The van der Waals surface area contributed by atoms with Gasteiger partial charge in [0.05, 0.1) is 18.2 Å². The van der Waals surface area contributed by atoms with Crippen LogP contribution in [0.25, 0.3) is 0 Å². The number of rotatable bonds is 4. The third-order valence-electron chi connectivity index (χ3n) is 2.38. The highest BCUT2D eigenvalue weighted by Gasteiger charge is 2.17. The topological polar surface area (TPSA) is 101 Å². The first-order valence-electron chi connectivity index (χ1n) is 4.90. The lowest BCUT2D eigenvalue weighted by Crippen LogP contribution is -2.24. The second kappa shape index (κ2) is 4.30. The molecule has 0 unspecified atom stereocenters. The molecule has 0 fully saturated rings. The van der Waals surface area contributed by atoms with Crippen LogP contribution in [0.15, 0.2) is 22.1 Å². The Bertz CT molecular complexity index is 581. The number of H-pyrrole nitrogens is 1. The summed E-state index contributed by atoms with van der Waals surface area (Å²) in [5.74, 6) is 0.606. The van der Waals surface area contributed by atoms with E-state index in [0.717, 1.165) is 5.56 Å². The molecule has 0 saturated heterocycles. The molecule has 0 radical (unpaired) electrons. The van der Waals surface area contributed by atoms with Gasteiger partial charge in [0.15, 0.2) is 5.03 Å². The molecule has 7 nitrogen and oxygen atoms in total. The van der Waals surface area contributed by atoms with E-state index in [1.807, 2.05) is 0 Å². The maximum absolute atomic E-state index is 11.8. The quantitative estimate of drug-likeness (QED) is 0.829. The maximum atomic E-state index is 11.8. The van der Waals surface area contributed by atoms with Gasteiger partial charge in [0.1, 0.15) is 5.76 Å². The van der Waals surface area contributed by atoms with Crippen molar-refractivity contribution in [2.24, 2.45) is 0 Å². The van der Waals surface area contributed by atoms with Crippen LogP contribution in [0.1, 0.15) is 17.0 Å². The largest absolute Gasteiger partial charge is 0.361 e. The van der Waals surface area contributed by atoms with Crippen LogP contribution < -0.4 is 4.72 Å². The van der Waals surface area contributed by atoms with Gasteiger partial charge >= 0.3 is 0 Å². The van der Waals surface area contributed by atoms with Crippen LogP contribution in [0, 0.1) is 13.8 Å². The standard InChI is InChI=1S/C9H12N4O3S/c1-6-8(7(2)16-13-6)3-12-17(14,15)9-4-10-5-11-9/h4-5,12H,3H2,1-2H3,(H,10,11). The van der Waals surface area contributed by atoms with Crippen LogP contribution in [0.2, 0.25) is 0 Å². The van der Waals surface area contributed by atoms with Crippen LogP contribution in [-0.2, 0) is 16.6 Å². The average Bonchev–Trinajstić information content (AvgIpc) is 2.88. The number of aromatic amines is 1. The van der Waals surface area contributed by atoms with Crippen molar-refractivity contribution >= 4 is 10.0 Å². The molecule has 2 aromatic heterocycles. The van der Waals surface area contributed by atoms with E-state index in [2.05, 4.69) is 19.8 Å². The van der Waals surface area contributed by atoms with Crippen molar-refractivity contribution in [3.63, 3.8) is 0 Å². The summed E-state index contributed by atoms with van der Waals surface area (Å²) in [6.45, 7) is 3.64. The van der Waals surface area contributed by atoms with E-state index in [9.17, 15) is 8.42 Å². The van der Waals surface area contributed by atoms with Gasteiger partial charge in [-0.15, -0.1) is 0 Å². The molecule has 0 atom stereocenters. The lowest BCUT2D eigenvalue weighted by atomic mass is 10.2. The van der Waals surface area contributed by atoms with Crippen molar-refractivity contribution in [2.45, 2.75) is 25.4 Å². The summed E-state index contributed by atoms with van der Waals surface area (Å²) in [5, 5.41) is 3.78. The molecule has 0 saturated carbocycles. The molecule has 17 heavy (non-hydrogen) atoms. The number of imidazole rings is 1. The Morgan fingerprint density at radius 2 is 2.24 bits per heavy atom. The molecule has 0 bridgehead atoms. The van der Waals surface area contributed by atoms with E-state index in [-0.39, 0.29) is 11.6 Å². The number of nitrogens with zero attached hydrogens (tertiary/aromatic N) is 2. The smallest absolute Gasteiger partial charge is 0.257 e. The number of hydrogen-bond donors (Lipinski definition) is 2. The molecule has 0 aliphatic carbocycles. The highest BCUT2D eigenvalue weighted by Crippen LogP contribution is 2.13. The minimum Gasteiger partial charge on any atom is -0.361 e. The third-order valence-corrected chi connectivity index (χ3v) is 3.71. The molecule has 2 heterocycles. The highest BCUT2D eigenvalue weighted by atomic mass is 32.2. The van der Waals surface area contributed by atoms with Gasteiger partial charge in [-0.05, 0) is 13.8 Å². The summed E-state index contributed by atoms with van der Waals surface area (Å²) >= 11 is 0. The molecular weight excluding hydrogens is 244 g/mol. The van der Waals surface area contributed by atoms with Crippen LogP contribution in [-0.4, -0.2) is 23.5 Å². The minimum atomic E-state index is -3.56. The summed E-state index contributed by atoms with van der Waals surface area (Å²) in [6, 6.07) is 0. The van der Waals surface area contributed by atoms with Crippen LogP contribution in [0.4, 0.5) is 0 Å². The normalized spacial score (nSPS) is 11.9. The van der Waals surface area contributed by atoms with Gasteiger partial charge in [0, 0.05) is 12.1 Å². The third kappa shape index (κ3) is 2.37. The maximum Gasteiger partial charge on any atom is 0.257 e. The van der Waals surface area contributed by atoms with Crippen molar-refractivity contribution in [2.75, 3.05) is 0 Å². The van der Waals surface area contributed by atoms with Crippen LogP contribution >= 0.6 is 0 Å². The number of sulfonamides is 1. The van der Waals surface area contributed by atoms with E-state index in [1.54, 1.807) is 13.8 Å². The van der Waals surface area contributed by atoms with E-state index in [1.165, 1.54) is 12.5 Å². The summed E-state index contributed by atoms with van der Waals surface area (Å²) in [4.78, 5) is 6.20. The second-order valence-electron chi connectivity index (χ2n) is 3.54. The molecule has 0 aromatic carbocycles. The molecule has 8 heteroatoms. The number of nitrogens with one attached hydrogen (secondary N) is 2. The van der Waals surface area contributed by atoms with Gasteiger partial charge in [0.2, 0.25) is 0 Å². The lowest BCUT2D eigenvalue weighted by Gasteiger charge is -2.03. The number of hydrogen-bond acceptors (Lipinski definition) is 5. The van der Waals surface area contributed by atoms with E-state index in [0.29, 0.717) is 11.5 Å². The molecule has 2 N–H and O–H groups in total. The minimum absolute atomic E-state index is 0.0317. The fourth-order valence-corrected chi connectivity index (χ4v) is 2.29. The van der Waals surface area contributed by atoms with Gasteiger partial charge in [0.25, 0.3) is 10.0 Å². The molecule has 0 aliphatic heterocycles. The fraction of sp³-hybridized carbons (Fsp3) is 0.333. The summed E-state index contributed by atoms with van der Waals surface area (Å²) in [6.07, 6.45) is 2.56. The summed E-state index contributed by atoms with van der Waals surface area (Å²) in [7, 11) is -3.56. The zero-order valence-corrected chi connectivity index (χ0v) is 10.2. The van der Waals surface area contributed by atoms with Gasteiger partial charge in [-0.2, -0.15) is 0 Å². The highest BCUT2D eigenvalue weighted by molar-refractivity contribution is 7.89. The van der Waals surface area contributed by atoms with E-state index >= 15 is 0 Å². The molecule has 0 amide bonds.